The Kier molecular flexibility index (Phi) is 8.90. The van der Waals surface area contributed by atoms with Gasteiger partial charge in [-0.1, -0.05) is 30.3 Å². The topological polar surface area (TPSA) is 41.5 Å². The normalized spacial score (nSPS) is 10.5. The highest BCUT2D eigenvalue weighted by Gasteiger charge is 2.08. The first-order valence-electron chi connectivity index (χ1n) is 7.81. The molecule has 0 amide bonds. The number of nitrogens with one attached hydrogen (secondary N) is 1. The van der Waals surface area contributed by atoms with Gasteiger partial charge in [-0.3, -0.25) is 0 Å². The second-order valence-electron chi connectivity index (χ2n) is 5.16. The van der Waals surface area contributed by atoms with Crippen LogP contribution >= 0.6 is 12.4 Å². The molecule has 0 bridgehead atoms. The summed E-state index contributed by atoms with van der Waals surface area (Å²) in [6, 6.07) is 12.6. The summed E-state index contributed by atoms with van der Waals surface area (Å²) >= 11 is 0. The van der Waals surface area contributed by atoms with Gasteiger partial charge in [-0.25, -0.2) is 0 Å². The molecule has 0 heterocycles. The Morgan fingerprint density at radius 2 is 1.86 bits per heavy atom. The molecule has 0 aliphatic rings. The van der Waals surface area contributed by atoms with Crippen LogP contribution in [0.4, 0.5) is 0 Å². The Labute approximate surface area is 139 Å². The molecule has 0 radical (unpaired) electrons. The number of unbranched alkanes of at least 4 members (excludes halogenated alkanes) is 2. The third kappa shape index (κ3) is 5.16. The van der Waals surface area contributed by atoms with E-state index in [1.54, 1.807) is 0 Å². The molecule has 0 fully saturated rings. The SMILES string of the molecule is CCOc1ccc2ccccc2c1CNCCCCCO.Cl. The number of aliphatic hydroxyl groups is 1. The lowest BCUT2D eigenvalue weighted by Gasteiger charge is -2.14. The zero-order valence-corrected chi connectivity index (χ0v) is 14.0. The highest BCUT2D eigenvalue weighted by molar-refractivity contribution is 5.87. The first-order valence-corrected chi connectivity index (χ1v) is 7.81. The summed E-state index contributed by atoms with van der Waals surface area (Å²) in [5, 5.41) is 14.8. The van der Waals surface area contributed by atoms with Crippen molar-refractivity contribution in [3.8, 4) is 5.75 Å². The fourth-order valence-electron chi connectivity index (χ4n) is 2.54. The third-order valence-electron chi connectivity index (χ3n) is 3.61. The van der Waals surface area contributed by atoms with Gasteiger partial charge in [0.05, 0.1) is 6.61 Å². The molecule has 2 aromatic rings. The minimum absolute atomic E-state index is 0. The van der Waals surface area contributed by atoms with E-state index < -0.39 is 0 Å². The molecule has 0 atom stereocenters. The highest BCUT2D eigenvalue weighted by Crippen LogP contribution is 2.28. The predicted molar refractivity (Wildman–Crippen MR) is 95.0 cm³/mol. The van der Waals surface area contributed by atoms with E-state index in [9.17, 15) is 0 Å². The van der Waals surface area contributed by atoms with Gasteiger partial charge < -0.3 is 15.2 Å². The molecule has 4 heteroatoms. The number of hydrogen-bond acceptors (Lipinski definition) is 3. The van der Waals surface area contributed by atoms with Crippen LogP contribution in [0.1, 0.15) is 31.7 Å². The summed E-state index contributed by atoms with van der Waals surface area (Å²) in [4.78, 5) is 0. The number of aliphatic hydroxyl groups excluding tert-OH is 1. The Bertz CT molecular complexity index is 560. The molecule has 3 nitrogen and oxygen atoms in total. The molecule has 0 aliphatic heterocycles. The van der Waals surface area contributed by atoms with Gasteiger partial charge in [0, 0.05) is 18.7 Å². The summed E-state index contributed by atoms with van der Waals surface area (Å²) in [6.45, 7) is 4.77. The summed E-state index contributed by atoms with van der Waals surface area (Å²) in [7, 11) is 0. The molecule has 0 spiro atoms. The molecular formula is C18H26ClNO2. The maximum atomic E-state index is 8.78. The van der Waals surface area contributed by atoms with E-state index in [0.29, 0.717) is 6.61 Å². The van der Waals surface area contributed by atoms with E-state index in [4.69, 9.17) is 9.84 Å². The lowest BCUT2D eigenvalue weighted by atomic mass is 10.0. The van der Waals surface area contributed by atoms with E-state index in [1.807, 2.05) is 6.92 Å². The molecule has 2 N–H and O–H groups in total. The van der Waals surface area contributed by atoms with Gasteiger partial charge in [0.15, 0.2) is 0 Å². The summed E-state index contributed by atoms with van der Waals surface area (Å²) in [6.07, 6.45) is 3.05. The summed E-state index contributed by atoms with van der Waals surface area (Å²) in [5.74, 6) is 0.971. The van der Waals surface area contributed by atoms with E-state index in [2.05, 4.69) is 41.7 Å². The Morgan fingerprint density at radius 3 is 2.64 bits per heavy atom. The molecule has 0 saturated heterocycles. The van der Waals surface area contributed by atoms with E-state index in [-0.39, 0.29) is 19.0 Å². The van der Waals surface area contributed by atoms with Crippen LogP contribution in [0.5, 0.6) is 5.75 Å². The summed E-state index contributed by atoms with van der Waals surface area (Å²) in [5.41, 5.74) is 1.23. The maximum Gasteiger partial charge on any atom is 0.124 e. The smallest absolute Gasteiger partial charge is 0.124 e. The molecule has 2 rings (SSSR count). The molecule has 0 aliphatic carbocycles. The van der Waals surface area contributed by atoms with Crippen molar-refractivity contribution in [3.63, 3.8) is 0 Å². The monoisotopic (exact) mass is 323 g/mol. The van der Waals surface area contributed by atoms with Crippen LogP contribution in [0, 0.1) is 0 Å². The lowest BCUT2D eigenvalue weighted by molar-refractivity contribution is 0.283. The van der Waals surface area contributed by atoms with Crippen LogP contribution in [0.2, 0.25) is 0 Å². The lowest BCUT2D eigenvalue weighted by Crippen LogP contribution is -2.16. The molecule has 0 saturated carbocycles. The highest BCUT2D eigenvalue weighted by atomic mass is 35.5. The Hall–Kier alpha value is -1.29. The van der Waals surface area contributed by atoms with Gasteiger partial charge in [0.25, 0.3) is 0 Å². The number of benzene rings is 2. The number of halogens is 1. The van der Waals surface area contributed by atoms with E-state index >= 15 is 0 Å². The van der Waals surface area contributed by atoms with Crippen LogP contribution < -0.4 is 10.1 Å². The van der Waals surface area contributed by atoms with Gasteiger partial charge >= 0.3 is 0 Å². The number of hydrogen-bond donors (Lipinski definition) is 2. The minimum atomic E-state index is 0. The molecule has 2 aromatic carbocycles. The van der Waals surface area contributed by atoms with Gasteiger partial charge in [0.1, 0.15) is 5.75 Å². The van der Waals surface area contributed by atoms with Crippen molar-refractivity contribution in [1.29, 1.82) is 0 Å². The number of rotatable bonds is 9. The van der Waals surface area contributed by atoms with Crippen molar-refractivity contribution in [1.82, 2.24) is 5.32 Å². The molecular weight excluding hydrogens is 298 g/mol. The standard InChI is InChI=1S/C18H25NO2.ClH/c1-2-21-18-11-10-15-8-4-5-9-16(15)17(18)14-19-12-6-3-7-13-20;/h4-5,8-11,19-20H,2-3,6-7,12-14H2,1H3;1H. The quantitative estimate of drug-likeness (QED) is 0.687. The van der Waals surface area contributed by atoms with Crippen molar-refractivity contribution in [2.24, 2.45) is 0 Å². The van der Waals surface area contributed by atoms with Gasteiger partial charge in [-0.15, -0.1) is 12.4 Å². The zero-order chi connectivity index (χ0) is 14.9. The maximum absolute atomic E-state index is 8.78. The van der Waals surface area contributed by atoms with E-state index in [0.717, 1.165) is 38.1 Å². The molecule has 122 valence electrons. The van der Waals surface area contributed by atoms with Crippen molar-refractivity contribution in [3.05, 3.63) is 42.0 Å². The fraction of sp³-hybridized carbons (Fsp3) is 0.444. The second kappa shape index (κ2) is 10.4. The van der Waals surface area contributed by atoms with E-state index in [1.165, 1.54) is 16.3 Å². The van der Waals surface area contributed by atoms with Crippen LogP contribution in [-0.4, -0.2) is 24.9 Å². The first kappa shape index (κ1) is 18.8. The predicted octanol–water partition coefficient (Wildman–Crippen LogP) is 3.91. The van der Waals surface area contributed by atoms with Gasteiger partial charge in [-0.2, -0.15) is 0 Å². The second-order valence-corrected chi connectivity index (χ2v) is 5.16. The third-order valence-corrected chi connectivity index (χ3v) is 3.61. The van der Waals surface area contributed by atoms with Gasteiger partial charge in [0.2, 0.25) is 0 Å². The van der Waals surface area contributed by atoms with Crippen LogP contribution in [0.15, 0.2) is 36.4 Å². The zero-order valence-electron chi connectivity index (χ0n) is 13.2. The van der Waals surface area contributed by atoms with Crippen LogP contribution in [0.25, 0.3) is 10.8 Å². The van der Waals surface area contributed by atoms with Crippen molar-refractivity contribution in [2.45, 2.75) is 32.7 Å². The minimum Gasteiger partial charge on any atom is -0.494 e. The summed E-state index contributed by atoms with van der Waals surface area (Å²) < 4.78 is 5.77. The van der Waals surface area contributed by atoms with Gasteiger partial charge in [-0.05, 0) is 49.6 Å². The molecule has 22 heavy (non-hydrogen) atoms. The van der Waals surface area contributed by atoms with Crippen molar-refractivity contribution in [2.75, 3.05) is 19.8 Å². The largest absolute Gasteiger partial charge is 0.494 e. The molecule has 0 unspecified atom stereocenters. The average molecular weight is 324 g/mol. The van der Waals surface area contributed by atoms with Crippen LogP contribution in [0.3, 0.4) is 0 Å². The number of fused-ring (bicyclic) bond motifs is 1. The first-order chi connectivity index (χ1) is 10.4. The number of ether oxygens (including phenoxy) is 1. The molecule has 0 aromatic heterocycles. The fourth-order valence-corrected chi connectivity index (χ4v) is 2.54. The average Bonchev–Trinajstić information content (AvgIpc) is 2.52. The van der Waals surface area contributed by atoms with Crippen LogP contribution in [-0.2, 0) is 6.54 Å². The Balaban J connectivity index is 0.00000242. The van der Waals surface area contributed by atoms with Crippen molar-refractivity contribution >= 4 is 23.2 Å². The van der Waals surface area contributed by atoms with Crippen molar-refractivity contribution < 1.29 is 9.84 Å². The Morgan fingerprint density at radius 1 is 1.05 bits per heavy atom.